The number of halogens is 1. The molecule has 0 spiro atoms. The van der Waals surface area contributed by atoms with E-state index in [0.29, 0.717) is 6.61 Å². The molecule has 3 nitrogen and oxygen atoms in total. The summed E-state index contributed by atoms with van der Waals surface area (Å²) in [5.41, 5.74) is 3.32. The molecule has 0 saturated heterocycles. The number of aromatic hydroxyl groups is 1. The van der Waals surface area contributed by atoms with Crippen LogP contribution in [-0.2, 0) is 0 Å². The molecule has 0 aliphatic carbocycles. The lowest BCUT2D eigenvalue weighted by Crippen LogP contribution is -2.12. The first-order chi connectivity index (χ1) is 9.15. The number of fused-ring (bicyclic) bond motifs is 1. The smallest absolute Gasteiger partial charge is 0.128 e. The SMILES string of the molecule is Cc1cccc(NC2COc3cc(O)ccc32)c1Br. The number of hydrogen-bond acceptors (Lipinski definition) is 3. The van der Waals surface area contributed by atoms with Crippen molar-refractivity contribution in [3.05, 3.63) is 52.0 Å². The molecule has 4 heteroatoms. The van der Waals surface area contributed by atoms with Crippen LogP contribution in [0, 0.1) is 6.92 Å². The summed E-state index contributed by atoms with van der Waals surface area (Å²) in [5.74, 6) is 0.984. The predicted molar refractivity (Wildman–Crippen MR) is 78.8 cm³/mol. The van der Waals surface area contributed by atoms with E-state index in [4.69, 9.17) is 4.74 Å². The molecule has 0 saturated carbocycles. The minimum atomic E-state index is 0.105. The second-order valence-corrected chi connectivity index (χ2v) is 5.46. The lowest BCUT2D eigenvalue weighted by Gasteiger charge is -2.15. The number of phenols is 1. The van der Waals surface area contributed by atoms with Crippen molar-refractivity contribution >= 4 is 21.6 Å². The quantitative estimate of drug-likeness (QED) is 0.878. The standard InChI is InChI=1S/C15H14BrNO2/c1-9-3-2-4-12(15(9)16)17-13-8-19-14-7-10(18)5-6-11(13)14/h2-7,13,17-18H,8H2,1H3. The summed E-state index contributed by atoms with van der Waals surface area (Å²) < 4.78 is 6.67. The Hall–Kier alpha value is -1.68. The minimum absolute atomic E-state index is 0.105. The molecule has 0 aromatic heterocycles. The van der Waals surface area contributed by atoms with Gasteiger partial charge in [0.05, 0.1) is 6.04 Å². The summed E-state index contributed by atoms with van der Waals surface area (Å²) in [4.78, 5) is 0. The molecule has 1 atom stereocenters. The fourth-order valence-electron chi connectivity index (χ4n) is 2.26. The number of phenolic OH excluding ortho intramolecular Hbond substituents is 1. The highest BCUT2D eigenvalue weighted by Gasteiger charge is 2.24. The Morgan fingerprint density at radius 1 is 1.32 bits per heavy atom. The van der Waals surface area contributed by atoms with Gasteiger partial charge in [-0.15, -0.1) is 0 Å². The Morgan fingerprint density at radius 2 is 2.16 bits per heavy atom. The van der Waals surface area contributed by atoms with Gasteiger partial charge in [0.25, 0.3) is 0 Å². The Balaban J connectivity index is 1.89. The monoisotopic (exact) mass is 319 g/mol. The topological polar surface area (TPSA) is 41.5 Å². The summed E-state index contributed by atoms with van der Waals surface area (Å²) in [6.45, 7) is 2.63. The zero-order valence-electron chi connectivity index (χ0n) is 10.5. The molecule has 1 heterocycles. The minimum Gasteiger partial charge on any atom is -0.508 e. The summed E-state index contributed by atoms with van der Waals surface area (Å²) in [5, 5.41) is 12.9. The first-order valence-corrected chi connectivity index (χ1v) is 6.92. The van der Waals surface area contributed by atoms with Gasteiger partial charge in [0, 0.05) is 21.8 Å². The fraction of sp³-hybridized carbons (Fsp3) is 0.200. The molecule has 0 fully saturated rings. The number of hydrogen-bond donors (Lipinski definition) is 2. The molecule has 2 aromatic rings. The first kappa shape index (κ1) is 12.4. The van der Waals surface area contributed by atoms with Crippen LogP contribution < -0.4 is 10.1 Å². The molecular weight excluding hydrogens is 306 g/mol. The average molecular weight is 320 g/mol. The van der Waals surface area contributed by atoms with Crippen molar-refractivity contribution in [2.24, 2.45) is 0 Å². The van der Waals surface area contributed by atoms with E-state index in [9.17, 15) is 5.11 Å². The van der Waals surface area contributed by atoms with Gasteiger partial charge >= 0.3 is 0 Å². The number of anilines is 1. The molecule has 0 radical (unpaired) electrons. The predicted octanol–water partition coefficient (Wildman–Crippen LogP) is 4.01. The maximum atomic E-state index is 9.44. The molecule has 1 unspecified atom stereocenters. The number of ether oxygens (including phenoxy) is 1. The van der Waals surface area contributed by atoms with Crippen molar-refractivity contribution in [3.63, 3.8) is 0 Å². The van der Waals surface area contributed by atoms with Crippen LogP contribution in [0.15, 0.2) is 40.9 Å². The van der Waals surface area contributed by atoms with E-state index in [1.165, 1.54) is 5.56 Å². The molecule has 2 N–H and O–H groups in total. The Labute approximate surface area is 120 Å². The zero-order chi connectivity index (χ0) is 13.4. The molecule has 0 bridgehead atoms. The molecule has 0 amide bonds. The summed E-state index contributed by atoms with van der Waals surface area (Å²) in [7, 11) is 0. The highest BCUT2D eigenvalue weighted by atomic mass is 79.9. The third-order valence-corrected chi connectivity index (χ3v) is 4.35. The van der Waals surface area contributed by atoms with Crippen LogP contribution in [-0.4, -0.2) is 11.7 Å². The van der Waals surface area contributed by atoms with E-state index in [0.717, 1.165) is 21.5 Å². The van der Waals surface area contributed by atoms with Gasteiger partial charge < -0.3 is 15.2 Å². The molecule has 98 valence electrons. The van der Waals surface area contributed by atoms with Gasteiger partial charge in [-0.1, -0.05) is 12.1 Å². The molecule has 3 rings (SSSR count). The molecule has 1 aliphatic rings. The fourth-order valence-corrected chi connectivity index (χ4v) is 2.64. The molecule has 1 aliphatic heterocycles. The van der Waals surface area contributed by atoms with Crippen LogP contribution in [0.5, 0.6) is 11.5 Å². The van der Waals surface area contributed by atoms with Gasteiger partial charge in [-0.3, -0.25) is 0 Å². The van der Waals surface area contributed by atoms with Gasteiger partial charge in [-0.2, -0.15) is 0 Å². The van der Waals surface area contributed by atoms with Gasteiger partial charge in [-0.05, 0) is 46.6 Å². The van der Waals surface area contributed by atoms with E-state index in [-0.39, 0.29) is 11.8 Å². The lowest BCUT2D eigenvalue weighted by molar-refractivity contribution is 0.338. The Morgan fingerprint density at radius 3 is 3.00 bits per heavy atom. The van der Waals surface area contributed by atoms with Crippen LogP contribution in [0.25, 0.3) is 0 Å². The third kappa shape index (κ3) is 2.28. The van der Waals surface area contributed by atoms with Crippen LogP contribution in [0.4, 0.5) is 5.69 Å². The Bertz CT molecular complexity index is 628. The average Bonchev–Trinajstić information content (AvgIpc) is 2.77. The second kappa shape index (κ2) is 4.78. The van der Waals surface area contributed by atoms with Crippen molar-refractivity contribution in [2.75, 3.05) is 11.9 Å². The maximum Gasteiger partial charge on any atom is 0.128 e. The van der Waals surface area contributed by atoms with Gasteiger partial charge in [0.2, 0.25) is 0 Å². The van der Waals surface area contributed by atoms with E-state index in [1.807, 2.05) is 18.2 Å². The van der Waals surface area contributed by atoms with E-state index < -0.39 is 0 Å². The molecular formula is C15H14BrNO2. The highest BCUT2D eigenvalue weighted by molar-refractivity contribution is 9.10. The van der Waals surface area contributed by atoms with Crippen LogP contribution in [0.2, 0.25) is 0 Å². The largest absolute Gasteiger partial charge is 0.508 e. The van der Waals surface area contributed by atoms with E-state index in [1.54, 1.807) is 12.1 Å². The van der Waals surface area contributed by atoms with Crippen LogP contribution in [0.1, 0.15) is 17.2 Å². The first-order valence-electron chi connectivity index (χ1n) is 6.12. The number of nitrogens with one attached hydrogen (secondary N) is 1. The van der Waals surface area contributed by atoms with Crippen LogP contribution >= 0.6 is 15.9 Å². The molecule has 19 heavy (non-hydrogen) atoms. The third-order valence-electron chi connectivity index (χ3n) is 3.30. The maximum absolute atomic E-state index is 9.44. The van der Waals surface area contributed by atoms with Gasteiger partial charge in [-0.25, -0.2) is 0 Å². The number of rotatable bonds is 2. The number of benzene rings is 2. The van der Waals surface area contributed by atoms with Crippen molar-refractivity contribution < 1.29 is 9.84 Å². The lowest BCUT2D eigenvalue weighted by atomic mass is 10.1. The summed E-state index contributed by atoms with van der Waals surface area (Å²) >= 11 is 3.60. The van der Waals surface area contributed by atoms with Crippen molar-refractivity contribution in [2.45, 2.75) is 13.0 Å². The highest BCUT2D eigenvalue weighted by Crippen LogP contribution is 2.38. The van der Waals surface area contributed by atoms with Crippen molar-refractivity contribution in [3.8, 4) is 11.5 Å². The van der Waals surface area contributed by atoms with Crippen molar-refractivity contribution in [1.29, 1.82) is 0 Å². The normalized spacial score (nSPS) is 16.8. The van der Waals surface area contributed by atoms with Crippen LogP contribution in [0.3, 0.4) is 0 Å². The van der Waals surface area contributed by atoms with Crippen molar-refractivity contribution in [1.82, 2.24) is 0 Å². The van der Waals surface area contributed by atoms with E-state index in [2.05, 4.69) is 34.2 Å². The number of aryl methyl sites for hydroxylation is 1. The summed E-state index contributed by atoms with van der Waals surface area (Å²) in [6, 6.07) is 11.5. The van der Waals surface area contributed by atoms with Gasteiger partial charge in [0.15, 0.2) is 0 Å². The van der Waals surface area contributed by atoms with E-state index >= 15 is 0 Å². The summed E-state index contributed by atoms with van der Waals surface area (Å²) in [6.07, 6.45) is 0. The molecule has 2 aromatic carbocycles. The second-order valence-electron chi connectivity index (χ2n) is 4.67. The Kier molecular flexibility index (Phi) is 3.11. The van der Waals surface area contributed by atoms with Gasteiger partial charge in [0.1, 0.15) is 18.1 Å². The zero-order valence-corrected chi connectivity index (χ0v) is 12.1.